The Hall–Kier alpha value is -2.89. The van der Waals surface area contributed by atoms with E-state index in [9.17, 15) is 24.0 Å². The first-order valence-electron chi connectivity index (χ1n) is 12.9. The van der Waals surface area contributed by atoms with Crippen molar-refractivity contribution in [3.05, 3.63) is 0 Å². The molecular weight excluding hydrogens is 496 g/mol. The highest BCUT2D eigenvalue weighted by atomic mass is 16.6. The maximum absolute atomic E-state index is 13.0. The van der Waals surface area contributed by atoms with Gasteiger partial charge in [-0.15, -0.1) is 0 Å². The van der Waals surface area contributed by atoms with Gasteiger partial charge in [0.25, 0.3) is 0 Å². The minimum Gasteiger partial charge on any atom is -0.458 e. The van der Waals surface area contributed by atoms with E-state index in [1.807, 2.05) is 20.8 Å². The highest BCUT2D eigenvalue weighted by Crippen LogP contribution is 2.18. The fraction of sp³-hybridized carbons (Fsp3) is 0.808. The maximum Gasteiger partial charge on any atom is 0.408 e. The van der Waals surface area contributed by atoms with Crippen LogP contribution in [-0.2, 0) is 33.4 Å². The van der Waals surface area contributed by atoms with Gasteiger partial charge in [0.15, 0.2) is 6.04 Å². The Kier molecular flexibility index (Phi) is 11.6. The van der Waals surface area contributed by atoms with Crippen LogP contribution in [0, 0.1) is 0 Å². The molecule has 38 heavy (non-hydrogen) atoms. The summed E-state index contributed by atoms with van der Waals surface area (Å²) in [6, 6.07) is -2.87. The number of likely N-dealkylation sites (tertiary alicyclic amines) is 1. The Morgan fingerprint density at radius 1 is 0.868 bits per heavy atom. The summed E-state index contributed by atoms with van der Waals surface area (Å²) in [5.41, 5.74) is -2.03. The first-order chi connectivity index (χ1) is 17.2. The minimum absolute atomic E-state index is 0.111. The van der Waals surface area contributed by atoms with Crippen LogP contribution >= 0.6 is 0 Å². The molecule has 1 saturated heterocycles. The summed E-state index contributed by atoms with van der Waals surface area (Å²) in [5, 5.41) is 7.62. The van der Waals surface area contributed by atoms with Gasteiger partial charge >= 0.3 is 12.1 Å². The molecule has 0 radical (unpaired) electrons. The van der Waals surface area contributed by atoms with Crippen LogP contribution in [0.1, 0.15) is 82.1 Å². The van der Waals surface area contributed by atoms with Crippen molar-refractivity contribution >= 4 is 29.8 Å². The number of esters is 1. The molecule has 1 fully saturated rings. The summed E-state index contributed by atoms with van der Waals surface area (Å²) in [7, 11) is 0. The number of nitrogens with zero attached hydrogens (tertiary/aromatic N) is 1. The van der Waals surface area contributed by atoms with Gasteiger partial charge in [-0.2, -0.15) is 0 Å². The summed E-state index contributed by atoms with van der Waals surface area (Å²) in [6.45, 7) is 17.1. The minimum atomic E-state index is -1.08. The Morgan fingerprint density at radius 3 is 1.97 bits per heavy atom. The third-order valence-electron chi connectivity index (χ3n) is 5.10. The van der Waals surface area contributed by atoms with E-state index in [2.05, 4.69) is 16.0 Å². The average molecular weight is 543 g/mol. The molecule has 0 spiro atoms. The fourth-order valence-electron chi connectivity index (χ4n) is 3.45. The standard InChI is InChI=1S/C26H46N4O8/c1-16(20(32)29-17(15-36-24(2,3)4)22(34)37-25(5,6)7)28-21(33)18-12-11-13-30(18)19(31)14-27-23(35)38-26(8,9)10/h16-18H,11-15H2,1-10H3,(H,27,35)(H,28,33)(H,29,32)/t16-,17-,18-/m0/s1. The number of rotatable bonds is 9. The van der Waals surface area contributed by atoms with Gasteiger partial charge in [-0.25, -0.2) is 9.59 Å². The predicted molar refractivity (Wildman–Crippen MR) is 140 cm³/mol. The molecule has 0 saturated carbocycles. The van der Waals surface area contributed by atoms with Gasteiger partial charge in [0, 0.05) is 6.54 Å². The third-order valence-corrected chi connectivity index (χ3v) is 5.10. The Labute approximate surface area is 225 Å². The molecule has 218 valence electrons. The predicted octanol–water partition coefficient (Wildman–Crippen LogP) is 1.65. The van der Waals surface area contributed by atoms with Crippen molar-refractivity contribution in [1.29, 1.82) is 0 Å². The second-order valence-electron chi connectivity index (χ2n) is 12.3. The maximum atomic E-state index is 13.0. The van der Waals surface area contributed by atoms with Crippen molar-refractivity contribution < 1.29 is 38.2 Å². The van der Waals surface area contributed by atoms with Crippen LogP contribution in [0.5, 0.6) is 0 Å². The molecule has 0 bridgehead atoms. The second kappa shape index (κ2) is 13.3. The number of carbonyl (C=O) groups excluding carboxylic acids is 5. The van der Waals surface area contributed by atoms with Crippen molar-refractivity contribution in [3.8, 4) is 0 Å². The number of carbonyl (C=O) groups is 5. The molecule has 12 nitrogen and oxygen atoms in total. The zero-order chi connectivity index (χ0) is 29.5. The van der Waals surface area contributed by atoms with E-state index in [-0.39, 0.29) is 13.2 Å². The van der Waals surface area contributed by atoms with Gasteiger partial charge < -0.3 is 35.1 Å². The lowest BCUT2D eigenvalue weighted by atomic mass is 10.1. The Balaban J connectivity index is 2.76. The number of ether oxygens (including phenoxy) is 3. The summed E-state index contributed by atoms with van der Waals surface area (Å²) < 4.78 is 16.2. The third kappa shape index (κ3) is 12.6. The lowest BCUT2D eigenvalue weighted by Gasteiger charge is -2.29. The Bertz CT molecular complexity index is 870. The van der Waals surface area contributed by atoms with Crippen molar-refractivity contribution in [3.63, 3.8) is 0 Å². The zero-order valence-electron chi connectivity index (χ0n) is 24.5. The van der Waals surface area contributed by atoms with Crippen LogP contribution in [0.15, 0.2) is 0 Å². The molecule has 1 aliphatic rings. The fourth-order valence-corrected chi connectivity index (χ4v) is 3.45. The quantitative estimate of drug-likeness (QED) is 0.372. The molecule has 0 aromatic heterocycles. The van der Waals surface area contributed by atoms with E-state index in [1.54, 1.807) is 41.5 Å². The number of nitrogens with one attached hydrogen (secondary N) is 3. The highest BCUT2D eigenvalue weighted by molar-refractivity contribution is 5.94. The molecule has 4 amide bonds. The number of hydrogen-bond donors (Lipinski definition) is 3. The van der Waals surface area contributed by atoms with Crippen LogP contribution < -0.4 is 16.0 Å². The van der Waals surface area contributed by atoms with E-state index in [0.29, 0.717) is 19.4 Å². The number of amides is 4. The molecule has 0 unspecified atom stereocenters. The molecule has 0 aromatic carbocycles. The number of hydrogen-bond acceptors (Lipinski definition) is 8. The van der Waals surface area contributed by atoms with Gasteiger partial charge in [-0.3, -0.25) is 14.4 Å². The van der Waals surface area contributed by atoms with Crippen molar-refractivity contribution in [2.75, 3.05) is 19.7 Å². The topological polar surface area (TPSA) is 152 Å². The summed E-state index contributed by atoms with van der Waals surface area (Å²) in [5.74, 6) is -2.20. The molecular formula is C26H46N4O8. The van der Waals surface area contributed by atoms with Crippen LogP contribution in [-0.4, -0.2) is 89.3 Å². The smallest absolute Gasteiger partial charge is 0.408 e. The zero-order valence-corrected chi connectivity index (χ0v) is 24.5. The normalized spacial score (nSPS) is 17.7. The highest BCUT2D eigenvalue weighted by Gasteiger charge is 2.36. The van der Waals surface area contributed by atoms with Gasteiger partial charge in [0.05, 0.1) is 12.2 Å². The molecule has 3 N–H and O–H groups in total. The van der Waals surface area contributed by atoms with E-state index in [4.69, 9.17) is 14.2 Å². The molecule has 1 heterocycles. The van der Waals surface area contributed by atoms with Crippen LogP contribution in [0.3, 0.4) is 0 Å². The molecule has 12 heteroatoms. The second-order valence-corrected chi connectivity index (χ2v) is 12.3. The van der Waals surface area contributed by atoms with Gasteiger partial charge in [-0.05, 0) is 82.1 Å². The largest absolute Gasteiger partial charge is 0.458 e. The van der Waals surface area contributed by atoms with Crippen molar-refractivity contribution in [2.45, 2.75) is 117 Å². The molecule has 3 atom stereocenters. The summed E-state index contributed by atoms with van der Waals surface area (Å²) >= 11 is 0. The van der Waals surface area contributed by atoms with E-state index < -0.39 is 64.7 Å². The first kappa shape index (κ1) is 33.1. The summed E-state index contributed by atoms with van der Waals surface area (Å²) in [4.78, 5) is 64.4. The van der Waals surface area contributed by atoms with Gasteiger partial charge in [0.1, 0.15) is 29.8 Å². The van der Waals surface area contributed by atoms with Gasteiger partial charge in [0.2, 0.25) is 17.7 Å². The summed E-state index contributed by atoms with van der Waals surface area (Å²) in [6.07, 6.45) is 0.284. The lowest BCUT2D eigenvalue weighted by molar-refractivity contribution is -0.162. The molecule has 0 aromatic rings. The van der Waals surface area contributed by atoms with E-state index in [0.717, 1.165) is 0 Å². The molecule has 0 aliphatic carbocycles. The number of alkyl carbamates (subject to hydrolysis) is 1. The van der Waals surface area contributed by atoms with E-state index in [1.165, 1.54) is 11.8 Å². The van der Waals surface area contributed by atoms with Crippen LogP contribution in [0.25, 0.3) is 0 Å². The van der Waals surface area contributed by atoms with Crippen molar-refractivity contribution in [1.82, 2.24) is 20.9 Å². The average Bonchev–Trinajstić information content (AvgIpc) is 3.21. The monoisotopic (exact) mass is 542 g/mol. The SMILES string of the molecule is C[C@H](NC(=O)[C@@H]1CCCN1C(=O)CNC(=O)OC(C)(C)C)C(=O)N[C@@H](COC(C)(C)C)C(=O)OC(C)(C)C. The van der Waals surface area contributed by atoms with E-state index >= 15 is 0 Å². The Morgan fingerprint density at radius 2 is 1.45 bits per heavy atom. The molecule has 1 rings (SSSR count). The van der Waals surface area contributed by atoms with Gasteiger partial charge in [-0.1, -0.05) is 0 Å². The van der Waals surface area contributed by atoms with Crippen LogP contribution in [0.4, 0.5) is 4.79 Å². The van der Waals surface area contributed by atoms with Crippen LogP contribution in [0.2, 0.25) is 0 Å². The molecule has 1 aliphatic heterocycles. The van der Waals surface area contributed by atoms with Crippen molar-refractivity contribution in [2.24, 2.45) is 0 Å². The first-order valence-corrected chi connectivity index (χ1v) is 12.9. The lowest BCUT2D eigenvalue weighted by Crippen LogP contribution is -2.56.